The number of methoxy groups -OCH3 is 1. The van der Waals surface area contributed by atoms with Crippen molar-refractivity contribution in [3.63, 3.8) is 0 Å². The summed E-state index contributed by atoms with van der Waals surface area (Å²) >= 11 is 0. The van der Waals surface area contributed by atoms with Gasteiger partial charge in [-0.1, -0.05) is 0 Å². The van der Waals surface area contributed by atoms with Crippen LogP contribution in [-0.2, 0) is 9.53 Å². The zero-order valence-electron chi connectivity index (χ0n) is 9.64. The second-order valence-corrected chi connectivity index (χ2v) is 4.01. The summed E-state index contributed by atoms with van der Waals surface area (Å²) in [7, 11) is 3.48. The zero-order chi connectivity index (χ0) is 11.4. The van der Waals surface area contributed by atoms with Crippen LogP contribution in [0.15, 0.2) is 0 Å². The Kier molecular flexibility index (Phi) is 4.50. The molecule has 0 saturated carbocycles. The van der Waals surface area contributed by atoms with Gasteiger partial charge >= 0.3 is 0 Å². The molecule has 1 N–H and O–H groups in total. The Hall–Kier alpha value is -0.650. The molecule has 0 aliphatic carbocycles. The maximum atomic E-state index is 12.0. The number of likely N-dealkylation sites (N-methyl/N-ethyl adjacent to an activating group) is 1. The van der Waals surface area contributed by atoms with Crippen LogP contribution >= 0.6 is 0 Å². The van der Waals surface area contributed by atoms with Gasteiger partial charge in [-0.25, -0.2) is 0 Å². The Labute approximate surface area is 90.6 Å². The highest BCUT2D eigenvalue weighted by atomic mass is 16.5. The second-order valence-electron chi connectivity index (χ2n) is 4.01. The monoisotopic (exact) mass is 216 g/mol. The number of amides is 1. The molecule has 1 fully saturated rings. The molecular weight excluding hydrogens is 196 g/mol. The molecular formula is C10H20N2O3. The van der Waals surface area contributed by atoms with E-state index < -0.39 is 6.04 Å². The van der Waals surface area contributed by atoms with E-state index in [0.29, 0.717) is 13.2 Å². The molecule has 5 heteroatoms. The first kappa shape index (κ1) is 12.4. The van der Waals surface area contributed by atoms with E-state index in [1.165, 1.54) is 0 Å². The maximum Gasteiger partial charge on any atom is 0.242 e. The molecule has 1 heterocycles. The standard InChI is InChI=1S/C10H20N2O3/c1-8-6-11(2)9(7-13)10(14)12(8)4-5-15-3/h8-9,13H,4-7H2,1-3H3. The van der Waals surface area contributed by atoms with Crippen LogP contribution in [-0.4, -0.2) is 73.4 Å². The van der Waals surface area contributed by atoms with E-state index in [-0.39, 0.29) is 18.6 Å². The fraction of sp³-hybridized carbons (Fsp3) is 0.900. The van der Waals surface area contributed by atoms with Gasteiger partial charge in [-0.05, 0) is 14.0 Å². The number of nitrogens with zero attached hydrogens (tertiary/aromatic N) is 2. The third-order valence-corrected chi connectivity index (χ3v) is 2.89. The zero-order valence-corrected chi connectivity index (χ0v) is 9.64. The minimum atomic E-state index is -0.391. The lowest BCUT2D eigenvalue weighted by atomic mass is 10.1. The summed E-state index contributed by atoms with van der Waals surface area (Å²) in [5.41, 5.74) is 0. The summed E-state index contributed by atoms with van der Waals surface area (Å²) in [5, 5.41) is 9.14. The quantitative estimate of drug-likeness (QED) is 0.665. The van der Waals surface area contributed by atoms with Gasteiger partial charge < -0.3 is 14.7 Å². The first-order valence-electron chi connectivity index (χ1n) is 5.22. The number of aliphatic hydroxyl groups is 1. The van der Waals surface area contributed by atoms with E-state index in [9.17, 15) is 4.79 Å². The molecule has 1 amide bonds. The number of hydrogen-bond acceptors (Lipinski definition) is 4. The largest absolute Gasteiger partial charge is 0.394 e. The highest BCUT2D eigenvalue weighted by molar-refractivity contribution is 5.83. The van der Waals surface area contributed by atoms with Crippen LogP contribution in [0.5, 0.6) is 0 Å². The van der Waals surface area contributed by atoms with E-state index in [4.69, 9.17) is 9.84 Å². The minimum absolute atomic E-state index is 0.00389. The molecule has 0 radical (unpaired) electrons. The molecule has 1 saturated heterocycles. The fourth-order valence-electron chi connectivity index (χ4n) is 1.98. The van der Waals surface area contributed by atoms with Gasteiger partial charge in [-0.2, -0.15) is 0 Å². The Morgan fingerprint density at radius 2 is 2.27 bits per heavy atom. The highest BCUT2D eigenvalue weighted by Crippen LogP contribution is 2.14. The predicted molar refractivity (Wildman–Crippen MR) is 56.6 cm³/mol. The number of rotatable bonds is 4. The van der Waals surface area contributed by atoms with Crippen molar-refractivity contribution in [3.8, 4) is 0 Å². The van der Waals surface area contributed by atoms with Crippen molar-refractivity contribution in [1.82, 2.24) is 9.80 Å². The van der Waals surface area contributed by atoms with Crippen molar-refractivity contribution < 1.29 is 14.6 Å². The van der Waals surface area contributed by atoms with Gasteiger partial charge in [0, 0.05) is 26.2 Å². The summed E-state index contributed by atoms with van der Waals surface area (Å²) in [6, 6.07) is -0.210. The second kappa shape index (κ2) is 5.44. The number of aliphatic hydroxyl groups excluding tert-OH is 1. The van der Waals surface area contributed by atoms with Gasteiger partial charge in [0.2, 0.25) is 5.91 Å². The van der Waals surface area contributed by atoms with Gasteiger partial charge in [-0.15, -0.1) is 0 Å². The van der Waals surface area contributed by atoms with Crippen molar-refractivity contribution >= 4 is 5.91 Å². The Balaban J connectivity index is 2.65. The third kappa shape index (κ3) is 2.68. The van der Waals surface area contributed by atoms with Crippen LogP contribution in [0.2, 0.25) is 0 Å². The lowest BCUT2D eigenvalue weighted by Gasteiger charge is -2.42. The van der Waals surface area contributed by atoms with E-state index in [1.54, 1.807) is 12.0 Å². The van der Waals surface area contributed by atoms with Crippen LogP contribution in [0.4, 0.5) is 0 Å². The molecule has 0 aromatic carbocycles. The number of ether oxygens (including phenoxy) is 1. The van der Waals surface area contributed by atoms with Crippen LogP contribution in [0.3, 0.4) is 0 Å². The van der Waals surface area contributed by atoms with Gasteiger partial charge in [0.05, 0.1) is 13.2 Å². The van der Waals surface area contributed by atoms with E-state index in [0.717, 1.165) is 6.54 Å². The first-order valence-corrected chi connectivity index (χ1v) is 5.22. The van der Waals surface area contributed by atoms with Crippen molar-refractivity contribution in [2.75, 3.05) is 40.5 Å². The highest BCUT2D eigenvalue weighted by Gasteiger charge is 2.35. The summed E-state index contributed by atoms with van der Waals surface area (Å²) in [5.74, 6) is -0.00389. The Morgan fingerprint density at radius 3 is 2.80 bits per heavy atom. The third-order valence-electron chi connectivity index (χ3n) is 2.89. The average molecular weight is 216 g/mol. The summed E-state index contributed by atoms with van der Waals surface area (Å²) in [4.78, 5) is 15.6. The molecule has 1 rings (SSSR count). The molecule has 1 aliphatic heterocycles. The molecule has 0 aromatic heterocycles. The molecule has 0 spiro atoms. The van der Waals surface area contributed by atoms with Gasteiger partial charge in [-0.3, -0.25) is 9.69 Å². The van der Waals surface area contributed by atoms with E-state index in [2.05, 4.69) is 0 Å². The molecule has 88 valence electrons. The summed E-state index contributed by atoms with van der Waals surface area (Å²) in [6.07, 6.45) is 0. The lowest BCUT2D eigenvalue weighted by molar-refractivity contribution is -0.147. The van der Waals surface area contributed by atoms with Crippen molar-refractivity contribution in [3.05, 3.63) is 0 Å². The van der Waals surface area contributed by atoms with Crippen molar-refractivity contribution in [2.45, 2.75) is 19.0 Å². The van der Waals surface area contributed by atoms with Gasteiger partial charge in [0.25, 0.3) is 0 Å². The Morgan fingerprint density at radius 1 is 1.60 bits per heavy atom. The maximum absolute atomic E-state index is 12.0. The van der Waals surface area contributed by atoms with Crippen LogP contribution in [0, 0.1) is 0 Å². The topological polar surface area (TPSA) is 53.0 Å². The molecule has 15 heavy (non-hydrogen) atoms. The normalized spacial score (nSPS) is 28.5. The molecule has 1 aliphatic rings. The first-order chi connectivity index (χ1) is 7.11. The number of piperazine rings is 1. The molecule has 0 bridgehead atoms. The fourth-order valence-corrected chi connectivity index (χ4v) is 1.98. The minimum Gasteiger partial charge on any atom is -0.394 e. The molecule has 5 nitrogen and oxygen atoms in total. The van der Waals surface area contributed by atoms with Crippen molar-refractivity contribution in [1.29, 1.82) is 0 Å². The van der Waals surface area contributed by atoms with Gasteiger partial charge in [0.15, 0.2) is 0 Å². The average Bonchev–Trinajstić information content (AvgIpc) is 2.17. The number of hydrogen-bond donors (Lipinski definition) is 1. The summed E-state index contributed by atoms with van der Waals surface area (Å²) in [6.45, 7) is 3.82. The van der Waals surface area contributed by atoms with Crippen LogP contribution in [0.1, 0.15) is 6.92 Å². The number of carbonyl (C=O) groups is 1. The van der Waals surface area contributed by atoms with Crippen LogP contribution in [0.25, 0.3) is 0 Å². The van der Waals surface area contributed by atoms with E-state index in [1.807, 2.05) is 18.9 Å². The van der Waals surface area contributed by atoms with Gasteiger partial charge in [0.1, 0.15) is 6.04 Å². The molecule has 0 aromatic rings. The predicted octanol–water partition coefficient (Wildman–Crippen LogP) is -0.844. The number of carbonyl (C=O) groups excluding carboxylic acids is 1. The lowest BCUT2D eigenvalue weighted by Crippen LogP contribution is -2.61. The SMILES string of the molecule is COCCN1C(=O)C(CO)N(C)CC1C. The van der Waals surface area contributed by atoms with Crippen LogP contribution < -0.4 is 0 Å². The Bertz CT molecular complexity index is 223. The molecule has 2 unspecified atom stereocenters. The van der Waals surface area contributed by atoms with E-state index >= 15 is 0 Å². The summed E-state index contributed by atoms with van der Waals surface area (Å²) < 4.78 is 4.97. The molecule has 2 atom stereocenters. The smallest absolute Gasteiger partial charge is 0.242 e. The van der Waals surface area contributed by atoms with Crippen molar-refractivity contribution in [2.24, 2.45) is 0 Å².